The number of rotatable bonds is 3. The summed E-state index contributed by atoms with van der Waals surface area (Å²) in [5.41, 5.74) is 0. The molecule has 6 heteroatoms. The summed E-state index contributed by atoms with van der Waals surface area (Å²) in [4.78, 5) is 18.4. The van der Waals surface area contributed by atoms with E-state index in [1.54, 1.807) is 7.11 Å². The molecular formula is C12H23N3O3. The van der Waals surface area contributed by atoms with Crippen molar-refractivity contribution in [2.45, 2.75) is 0 Å². The average molecular weight is 257 g/mol. The second-order valence-corrected chi connectivity index (χ2v) is 4.70. The van der Waals surface area contributed by atoms with Gasteiger partial charge in [0.05, 0.1) is 19.8 Å². The number of carbonyl (C=O) groups is 1. The van der Waals surface area contributed by atoms with Crippen LogP contribution in [-0.2, 0) is 9.47 Å². The van der Waals surface area contributed by atoms with Gasteiger partial charge < -0.3 is 19.3 Å². The van der Waals surface area contributed by atoms with Crippen LogP contribution < -0.4 is 0 Å². The van der Waals surface area contributed by atoms with Crippen molar-refractivity contribution < 1.29 is 14.3 Å². The summed E-state index contributed by atoms with van der Waals surface area (Å²) in [6.45, 7) is 8.02. The molecule has 2 saturated heterocycles. The lowest BCUT2D eigenvalue weighted by atomic mass is 10.3. The Bertz CT molecular complexity index is 261. The van der Waals surface area contributed by atoms with Gasteiger partial charge >= 0.3 is 6.03 Å². The maximum Gasteiger partial charge on any atom is 0.320 e. The van der Waals surface area contributed by atoms with Crippen LogP contribution in [0.3, 0.4) is 0 Å². The van der Waals surface area contributed by atoms with Crippen LogP contribution in [0, 0.1) is 0 Å². The third kappa shape index (κ3) is 3.57. The number of piperazine rings is 1. The molecule has 18 heavy (non-hydrogen) atoms. The van der Waals surface area contributed by atoms with Gasteiger partial charge in [0.1, 0.15) is 0 Å². The zero-order valence-electron chi connectivity index (χ0n) is 11.1. The third-order valence-electron chi connectivity index (χ3n) is 3.54. The molecule has 0 radical (unpaired) electrons. The van der Waals surface area contributed by atoms with Gasteiger partial charge in [0.25, 0.3) is 0 Å². The van der Waals surface area contributed by atoms with E-state index in [-0.39, 0.29) is 6.03 Å². The third-order valence-corrected chi connectivity index (χ3v) is 3.54. The summed E-state index contributed by atoms with van der Waals surface area (Å²) >= 11 is 0. The number of hydrogen-bond donors (Lipinski definition) is 0. The van der Waals surface area contributed by atoms with Crippen molar-refractivity contribution in [3.05, 3.63) is 0 Å². The van der Waals surface area contributed by atoms with Crippen LogP contribution in [0.4, 0.5) is 4.79 Å². The number of ether oxygens (including phenoxy) is 2. The highest BCUT2D eigenvalue weighted by atomic mass is 16.5. The van der Waals surface area contributed by atoms with Gasteiger partial charge in [0.2, 0.25) is 0 Å². The van der Waals surface area contributed by atoms with Crippen LogP contribution in [0.25, 0.3) is 0 Å². The molecule has 0 bridgehead atoms. The first-order chi connectivity index (χ1) is 8.81. The fraction of sp³-hybridized carbons (Fsp3) is 0.917. The van der Waals surface area contributed by atoms with Crippen molar-refractivity contribution in [2.24, 2.45) is 0 Å². The first kappa shape index (κ1) is 13.6. The maximum absolute atomic E-state index is 12.2. The minimum absolute atomic E-state index is 0.171. The second-order valence-electron chi connectivity index (χ2n) is 4.70. The van der Waals surface area contributed by atoms with Crippen molar-refractivity contribution in [2.75, 3.05) is 72.7 Å². The van der Waals surface area contributed by atoms with Crippen LogP contribution in [0.15, 0.2) is 0 Å². The highest BCUT2D eigenvalue weighted by Crippen LogP contribution is 2.07. The van der Waals surface area contributed by atoms with Crippen molar-refractivity contribution in [3.8, 4) is 0 Å². The van der Waals surface area contributed by atoms with Gasteiger partial charge in [-0.2, -0.15) is 0 Å². The van der Waals surface area contributed by atoms with Crippen molar-refractivity contribution in [1.82, 2.24) is 14.7 Å². The number of urea groups is 1. The van der Waals surface area contributed by atoms with Crippen LogP contribution in [0.1, 0.15) is 0 Å². The Morgan fingerprint density at radius 2 is 1.67 bits per heavy atom. The molecule has 0 spiro atoms. The molecule has 0 aromatic carbocycles. The molecule has 2 rings (SSSR count). The molecule has 2 heterocycles. The zero-order chi connectivity index (χ0) is 12.8. The van der Waals surface area contributed by atoms with E-state index in [9.17, 15) is 4.79 Å². The summed E-state index contributed by atoms with van der Waals surface area (Å²) < 4.78 is 10.3. The molecule has 0 aromatic rings. The van der Waals surface area contributed by atoms with E-state index >= 15 is 0 Å². The Balaban J connectivity index is 1.73. The van der Waals surface area contributed by atoms with Gasteiger partial charge in [-0.15, -0.1) is 0 Å². The SMILES string of the molecule is COCCN1CCN(C(=O)N2CCOCC2)CC1. The smallest absolute Gasteiger partial charge is 0.320 e. The zero-order valence-corrected chi connectivity index (χ0v) is 11.1. The fourth-order valence-corrected chi connectivity index (χ4v) is 2.34. The van der Waals surface area contributed by atoms with E-state index in [0.29, 0.717) is 13.2 Å². The predicted octanol–water partition coefficient (Wildman–Crippen LogP) is -0.297. The molecule has 2 amide bonds. The van der Waals surface area contributed by atoms with Gasteiger partial charge in [-0.05, 0) is 0 Å². The van der Waals surface area contributed by atoms with Crippen molar-refractivity contribution in [3.63, 3.8) is 0 Å². The minimum atomic E-state index is 0.171. The number of methoxy groups -OCH3 is 1. The second kappa shape index (κ2) is 6.92. The average Bonchev–Trinajstić information content (AvgIpc) is 2.46. The van der Waals surface area contributed by atoms with E-state index in [0.717, 1.165) is 52.4 Å². The van der Waals surface area contributed by atoms with Gasteiger partial charge in [0.15, 0.2) is 0 Å². The van der Waals surface area contributed by atoms with E-state index in [1.165, 1.54) is 0 Å². The monoisotopic (exact) mass is 257 g/mol. The van der Waals surface area contributed by atoms with Crippen LogP contribution in [0.5, 0.6) is 0 Å². The molecule has 0 N–H and O–H groups in total. The van der Waals surface area contributed by atoms with E-state index < -0.39 is 0 Å². The van der Waals surface area contributed by atoms with Gasteiger partial charge in [-0.25, -0.2) is 4.79 Å². The lowest BCUT2D eigenvalue weighted by molar-refractivity contribution is 0.0361. The van der Waals surface area contributed by atoms with Gasteiger partial charge in [-0.3, -0.25) is 4.90 Å². The number of hydrogen-bond acceptors (Lipinski definition) is 4. The standard InChI is InChI=1S/C12H23N3O3/c1-17-9-6-13-2-4-14(5-3-13)12(16)15-7-10-18-11-8-15/h2-11H2,1H3. The maximum atomic E-state index is 12.2. The first-order valence-electron chi connectivity index (χ1n) is 6.64. The summed E-state index contributed by atoms with van der Waals surface area (Å²) in [6.07, 6.45) is 0. The quantitative estimate of drug-likeness (QED) is 0.696. The van der Waals surface area contributed by atoms with E-state index in [1.807, 2.05) is 9.80 Å². The highest BCUT2D eigenvalue weighted by Gasteiger charge is 2.25. The Kier molecular flexibility index (Phi) is 5.22. The van der Waals surface area contributed by atoms with Crippen molar-refractivity contribution >= 4 is 6.03 Å². The normalized spacial score (nSPS) is 22.3. The number of nitrogens with zero attached hydrogens (tertiary/aromatic N) is 3. The van der Waals surface area contributed by atoms with Gasteiger partial charge in [0, 0.05) is 52.9 Å². The summed E-state index contributed by atoms with van der Waals surface area (Å²) in [6, 6.07) is 0.171. The first-order valence-corrected chi connectivity index (χ1v) is 6.64. The number of carbonyl (C=O) groups excluding carboxylic acids is 1. The van der Waals surface area contributed by atoms with Crippen LogP contribution in [0.2, 0.25) is 0 Å². The number of amides is 2. The Labute approximate surface area is 108 Å². The Hall–Kier alpha value is -0.850. The largest absolute Gasteiger partial charge is 0.383 e. The molecule has 0 aliphatic carbocycles. The molecule has 0 unspecified atom stereocenters. The highest BCUT2D eigenvalue weighted by molar-refractivity contribution is 5.74. The molecule has 0 aromatic heterocycles. The Morgan fingerprint density at radius 1 is 1.06 bits per heavy atom. The lowest BCUT2D eigenvalue weighted by Gasteiger charge is -2.38. The lowest BCUT2D eigenvalue weighted by Crippen LogP contribution is -2.55. The summed E-state index contributed by atoms with van der Waals surface area (Å²) in [7, 11) is 1.72. The predicted molar refractivity (Wildman–Crippen MR) is 67.7 cm³/mol. The van der Waals surface area contributed by atoms with Gasteiger partial charge in [-0.1, -0.05) is 0 Å². The van der Waals surface area contributed by atoms with E-state index in [2.05, 4.69) is 4.90 Å². The molecule has 2 aliphatic heterocycles. The summed E-state index contributed by atoms with van der Waals surface area (Å²) in [5, 5.41) is 0. The Morgan fingerprint density at radius 3 is 2.28 bits per heavy atom. The van der Waals surface area contributed by atoms with Crippen LogP contribution >= 0.6 is 0 Å². The minimum Gasteiger partial charge on any atom is -0.383 e. The molecule has 2 fully saturated rings. The molecule has 2 aliphatic rings. The topological polar surface area (TPSA) is 45.2 Å². The van der Waals surface area contributed by atoms with Crippen LogP contribution in [-0.4, -0.2) is 93.5 Å². The molecule has 0 atom stereocenters. The van der Waals surface area contributed by atoms with E-state index in [4.69, 9.17) is 9.47 Å². The fourth-order valence-electron chi connectivity index (χ4n) is 2.34. The van der Waals surface area contributed by atoms with Crippen molar-refractivity contribution in [1.29, 1.82) is 0 Å². The number of morpholine rings is 1. The summed E-state index contributed by atoms with van der Waals surface area (Å²) in [5.74, 6) is 0. The molecular weight excluding hydrogens is 234 g/mol. The molecule has 0 saturated carbocycles. The molecule has 104 valence electrons. The molecule has 6 nitrogen and oxygen atoms in total.